The largest absolute Gasteiger partial charge is 0.481 e. The number of carbonyl (C=O) groups excluding carboxylic acids is 1. The van der Waals surface area contributed by atoms with E-state index in [4.69, 9.17) is 39.5 Å². The Morgan fingerprint density at radius 3 is 2.32 bits per heavy atom. The smallest absolute Gasteiger partial charge is 0.294 e. The van der Waals surface area contributed by atoms with Crippen molar-refractivity contribution < 1.29 is 14.5 Å². The molecular weight excluding hydrogens is 429 g/mol. The molecule has 3 rings (SSSR count). The third kappa shape index (κ3) is 4.60. The maximum atomic E-state index is 12.4. The topological polar surface area (TPSA) is 75.9 Å². The van der Waals surface area contributed by atoms with Crippen molar-refractivity contribution in [2.24, 2.45) is 0 Å². The number of para-hydroxylation sites is 1. The fourth-order valence-corrected chi connectivity index (χ4v) is 3.63. The number of halogens is 3. The molecule has 0 saturated carbocycles. The third-order valence-electron chi connectivity index (χ3n) is 4.37. The highest BCUT2D eigenvalue weighted by atomic mass is 35.5. The Labute approximate surface area is 176 Å². The minimum Gasteiger partial charge on any atom is -0.481 e. The number of nitro groups is 1. The number of carbonyl (C=O) groups is 1. The summed E-state index contributed by atoms with van der Waals surface area (Å²) in [6.07, 6.45) is 0. The van der Waals surface area contributed by atoms with Crippen molar-refractivity contribution in [3.8, 4) is 5.75 Å². The SMILES string of the molecule is O=C(COc1c(Cl)cccc1Cl)N1CCN(c2ccc(Cl)cc2[N+](=O)[O-])CC1. The molecule has 0 aromatic heterocycles. The van der Waals surface area contributed by atoms with Gasteiger partial charge in [0.05, 0.1) is 15.0 Å². The highest BCUT2D eigenvalue weighted by Crippen LogP contribution is 2.33. The third-order valence-corrected chi connectivity index (χ3v) is 5.20. The van der Waals surface area contributed by atoms with Gasteiger partial charge in [-0.3, -0.25) is 14.9 Å². The monoisotopic (exact) mass is 443 g/mol. The molecule has 0 bridgehead atoms. The molecule has 7 nitrogen and oxygen atoms in total. The molecule has 2 aromatic carbocycles. The summed E-state index contributed by atoms with van der Waals surface area (Å²) in [6, 6.07) is 9.52. The summed E-state index contributed by atoms with van der Waals surface area (Å²) in [5.74, 6) is 0.0656. The lowest BCUT2D eigenvalue weighted by Gasteiger charge is -2.35. The van der Waals surface area contributed by atoms with E-state index in [1.807, 2.05) is 4.90 Å². The van der Waals surface area contributed by atoms with Crippen LogP contribution in [-0.4, -0.2) is 48.5 Å². The molecule has 1 fully saturated rings. The van der Waals surface area contributed by atoms with Crippen LogP contribution in [0.1, 0.15) is 0 Å². The summed E-state index contributed by atoms with van der Waals surface area (Å²) in [5.41, 5.74) is 0.435. The van der Waals surface area contributed by atoms with Gasteiger partial charge < -0.3 is 14.5 Å². The quantitative estimate of drug-likeness (QED) is 0.508. The van der Waals surface area contributed by atoms with E-state index < -0.39 is 4.92 Å². The van der Waals surface area contributed by atoms with Crippen molar-refractivity contribution in [2.75, 3.05) is 37.7 Å². The number of ether oxygens (including phenoxy) is 1. The lowest BCUT2D eigenvalue weighted by Crippen LogP contribution is -2.50. The minimum atomic E-state index is -0.458. The summed E-state index contributed by atoms with van der Waals surface area (Å²) in [6.45, 7) is 1.56. The van der Waals surface area contributed by atoms with Gasteiger partial charge in [0.1, 0.15) is 5.69 Å². The number of nitrogens with zero attached hydrogens (tertiary/aromatic N) is 3. The van der Waals surface area contributed by atoms with Gasteiger partial charge >= 0.3 is 0 Å². The van der Waals surface area contributed by atoms with Crippen molar-refractivity contribution in [1.29, 1.82) is 0 Å². The Morgan fingerprint density at radius 1 is 1.07 bits per heavy atom. The highest BCUT2D eigenvalue weighted by Gasteiger charge is 2.26. The van der Waals surface area contributed by atoms with E-state index in [0.29, 0.717) is 46.9 Å². The molecular formula is C18H16Cl3N3O4. The molecule has 0 spiro atoms. The summed E-state index contributed by atoms with van der Waals surface area (Å²) in [5, 5.41) is 12.3. The molecule has 1 amide bonds. The van der Waals surface area contributed by atoms with Crippen LogP contribution in [0.3, 0.4) is 0 Å². The second-order valence-electron chi connectivity index (χ2n) is 6.10. The van der Waals surface area contributed by atoms with Crippen LogP contribution in [0.4, 0.5) is 11.4 Å². The average Bonchev–Trinajstić information content (AvgIpc) is 2.67. The maximum Gasteiger partial charge on any atom is 0.294 e. The summed E-state index contributed by atoms with van der Waals surface area (Å²) in [4.78, 5) is 26.8. The van der Waals surface area contributed by atoms with Crippen molar-refractivity contribution >= 4 is 52.1 Å². The zero-order valence-electron chi connectivity index (χ0n) is 14.6. The Kier molecular flexibility index (Phi) is 6.49. The molecule has 1 aliphatic rings. The molecule has 1 saturated heterocycles. The van der Waals surface area contributed by atoms with Gasteiger partial charge in [0.25, 0.3) is 11.6 Å². The predicted molar refractivity (Wildman–Crippen MR) is 109 cm³/mol. The summed E-state index contributed by atoms with van der Waals surface area (Å²) >= 11 is 17.9. The van der Waals surface area contributed by atoms with Gasteiger partial charge in [0, 0.05) is 37.3 Å². The van der Waals surface area contributed by atoms with Gasteiger partial charge in [0.2, 0.25) is 0 Å². The Balaban J connectivity index is 1.60. The molecule has 0 aliphatic carbocycles. The molecule has 1 aliphatic heterocycles. The van der Waals surface area contributed by atoms with E-state index in [9.17, 15) is 14.9 Å². The number of piperazine rings is 1. The van der Waals surface area contributed by atoms with E-state index in [1.54, 1.807) is 35.2 Å². The number of benzene rings is 2. The maximum absolute atomic E-state index is 12.4. The first-order valence-electron chi connectivity index (χ1n) is 8.40. The minimum absolute atomic E-state index is 0.0519. The van der Waals surface area contributed by atoms with E-state index in [0.717, 1.165) is 0 Å². The van der Waals surface area contributed by atoms with Crippen LogP contribution in [-0.2, 0) is 4.79 Å². The van der Waals surface area contributed by atoms with Crippen LogP contribution in [0.2, 0.25) is 15.1 Å². The molecule has 0 atom stereocenters. The van der Waals surface area contributed by atoms with E-state index in [2.05, 4.69) is 0 Å². The van der Waals surface area contributed by atoms with E-state index >= 15 is 0 Å². The second kappa shape index (κ2) is 8.86. The fourth-order valence-electron chi connectivity index (χ4n) is 2.95. The number of hydrogen-bond acceptors (Lipinski definition) is 5. The van der Waals surface area contributed by atoms with Crippen LogP contribution < -0.4 is 9.64 Å². The average molecular weight is 445 g/mol. The normalized spacial score (nSPS) is 14.1. The molecule has 28 heavy (non-hydrogen) atoms. The van der Waals surface area contributed by atoms with Crippen molar-refractivity contribution in [1.82, 2.24) is 4.90 Å². The number of anilines is 1. The molecule has 0 unspecified atom stereocenters. The Hall–Kier alpha value is -2.22. The van der Waals surface area contributed by atoms with Crippen LogP contribution in [0.5, 0.6) is 5.75 Å². The first-order chi connectivity index (χ1) is 13.4. The van der Waals surface area contributed by atoms with Crippen LogP contribution in [0.25, 0.3) is 0 Å². The van der Waals surface area contributed by atoms with Gasteiger partial charge in [0.15, 0.2) is 12.4 Å². The zero-order valence-corrected chi connectivity index (χ0v) is 16.9. The first-order valence-corrected chi connectivity index (χ1v) is 9.53. The first kappa shape index (κ1) is 20.5. The van der Waals surface area contributed by atoms with Gasteiger partial charge in [-0.05, 0) is 24.3 Å². The van der Waals surface area contributed by atoms with Gasteiger partial charge in [-0.15, -0.1) is 0 Å². The second-order valence-corrected chi connectivity index (χ2v) is 7.35. The lowest BCUT2D eigenvalue weighted by molar-refractivity contribution is -0.384. The fraction of sp³-hybridized carbons (Fsp3) is 0.278. The number of hydrogen-bond donors (Lipinski definition) is 0. The van der Waals surface area contributed by atoms with E-state index in [-0.39, 0.29) is 24.0 Å². The summed E-state index contributed by atoms with van der Waals surface area (Å²) < 4.78 is 5.49. The van der Waals surface area contributed by atoms with Gasteiger partial charge in [-0.1, -0.05) is 40.9 Å². The van der Waals surface area contributed by atoms with Crippen LogP contribution in [0, 0.1) is 10.1 Å². The van der Waals surface area contributed by atoms with Gasteiger partial charge in [-0.2, -0.15) is 0 Å². The molecule has 2 aromatic rings. The molecule has 0 N–H and O–H groups in total. The number of rotatable bonds is 5. The lowest BCUT2D eigenvalue weighted by atomic mass is 10.2. The summed E-state index contributed by atoms with van der Waals surface area (Å²) in [7, 11) is 0. The molecule has 148 valence electrons. The molecule has 1 heterocycles. The van der Waals surface area contributed by atoms with Crippen LogP contribution >= 0.6 is 34.8 Å². The highest BCUT2D eigenvalue weighted by molar-refractivity contribution is 6.37. The Bertz CT molecular complexity index is 881. The standard InChI is InChI=1S/C18H16Cl3N3O4/c19-12-4-5-15(16(10-12)24(26)27)22-6-8-23(9-7-22)17(25)11-28-18-13(20)2-1-3-14(18)21/h1-5,10H,6-9,11H2. The molecule has 0 radical (unpaired) electrons. The van der Waals surface area contributed by atoms with Crippen molar-refractivity contribution in [2.45, 2.75) is 0 Å². The molecule has 10 heteroatoms. The Morgan fingerprint density at radius 2 is 1.71 bits per heavy atom. The van der Waals surface area contributed by atoms with Gasteiger partial charge in [-0.25, -0.2) is 0 Å². The van der Waals surface area contributed by atoms with Crippen molar-refractivity contribution in [3.05, 3.63) is 61.6 Å². The van der Waals surface area contributed by atoms with E-state index in [1.165, 1.54) is 6.07 Å². The zero-order chi connectivity index (χ0) is 20.3. The number of amides is 1. The predicted octanol–water partition coefficient (Wildman–Crippen LogP) is 4.28. The van der Waals surface area contributed by atoms with Crippen LogP contribution in [0.15, 0.2) is 36.4 Å². The van der Waals surface area contributed by atoms with Crippen molar-refractivity contribution in [3.63, 3.8) is 0 Å². The number of nitro benzene ring substituents is 1.